The van der Waals surface area contributed by atoms with Gasteiger partial charge in [0.25, 0.3) is 5.91 Å². The predicted molar refractivity (Wildman–Crippen MR) is 76.8 cm³/mol. The summed E-state index contributed by atoms with van der Waals surface area (Å²) in [6, 6.07) is 2.21. The van der Waals surface area contributed by atoms with Gasteiger partial charge in [0.2, 0.25) is 10.0 Å². The third kappa shape index (κ3) is 3.41. The van der Waals surface area contributed by atoms with E-state index in [0.717, 1.165) is 25.0 Å². The molecule has 1 aliphatic carbocycles. The molecule has 0 radical (unpaired) electrons. The molecule has 0 unspecified atom stereocenters. The van der Waals surface area contributed by atoms with Crippen molar-refractivity contribution in [2.45, 2.75) is 31.1 Å². The van der Waals surface area contributed by atoms with Gasteiger partial charge < -0.3 is 4.90 Å². The number of nitrogens with two attached hydrogens (primary N) is 1. The SMILES string of the molecule is Cc1c(F)cc(C(=O)N(C)CC2CCC2)cc1S(N)(=O)=O. The summed E-state index contributed by atoms with van der Waals surface area (Å²) in [4.78, 5) is 13.4. The van der Waals surface area contributed by atoms with E-state index in [2.05, 4.69) is 0 Å². The zero-order chi connectivity index (χ0) is 15.8. The lowest BCUT2D eigenvalue weighted by Gasteiger charge is -2.30. The first kappa shape index (κ1) is 15.9. The maximum absolute atomic E-state index is 13.8. The second-order valence-electron chi connectivity index (χ2n) is 5.61. The zero-order valence-electron chi connectivity index (χ0n) is 12.1. The number of hydrogen-bond donors (Lipinski definition) is 1. The zero-order valence-corrected chi connectivity index (χ0v) is 12.9. The fraction of sp³-hybridized carbons (Fsp3) is 0.500. The molecular weight excluding hydrogens is 295 g/mol. The van der Waals surface area contributed by atoms with Crippen molar-refractivity contribution in [2.75, 3.05) is 13.6 Å². The number of carbonyl (C=O) groups is 1. The number of amides is 1. The Morgan fingerprint density at radius 2 is 2.05 bits per heavy atom. The first-order chi connectivity index (χ1) is 9.70. The first-order valence-electron chi connectivity index (χ1n) is 6.78. The molecule has 0 aromatic heterocycles. The summed E-state index contributed by atoms with van der Waals surface area (Å²) >= 11 is 0. The van der Waals surface area contributed by atoms with E-state index >= 15 is 0 Å². The standard InChI is InChI=1S/C14H19FN2O3S/c1-9-12(15)6-11(7-13(9)21(16,19)20)14(18)17(2)8-10-4-3-5-10/h6-7,10H,3-5,8H2,1-2H3,(H2,16,19,20). The lowest BCUT2D eigenvalue weighted by atomic mass is 9.85. The molecule has 2 rings (SSSR count). The van der Waals surface area contributed by atoms with Gasteiger partial charge in [0.05, 0.1) is 4.90 Å². The van der Waals surface area contributed by atoms with E-state index in [4.69, 9.17) is 5.14 Å². The third-order valence-corrected chi connectivity index (χ3v) is 4.99. The molecule has 0 heterocycles. The first-order valence-corrected chi connectivity index (χ1v) is 8.33. The van der Waals surface area contributed by atoms with Gasteiger partial charge in [-0.3, -0.25) is 4.79 Å². The second-order valence-corrected chi connectivity index (χ2v) is 7.14. The summed E-state index contributed by atoms with van der Waals surface area (Å²) in [6.45, 7) is 1.92. The maximum Gasteiger partial charge on any atom is 0.253 e. The average Bonchev–Trinajstić information content (AvgIpc) is 2.34. The minimum Gasteiger partial charge on any atom is -0.341 e. The van der Waals surface area contributed by atoms with Gasteiger partial charge in [0.1, 0.15) is 5.82 Å². The van der Waals surface area contributed by atoms with Crippen molar-refractivity contribution in [3.05, 3.63) is 29.1 Å². The Bertz CT molecular complexity index is 669. The van der Waals surface area contributed by atoms with E-state index in [1.807, 2.05) is 0 Å². The fourth-order valence-electron chi connectivity index (χ4n) is 2.44. The van der Waals surface area contributed by atoms with Gasteiger partial charge in [-0.25, -0.2) is 17.9 Å². The summed E-state index contributed by atoms with van der Waals surface area (Å²) in [7, 11) is -2.43. The van der Waals surface area contributed by atoms with Crippen LogP contribution in [0.5, 0.6) is 0 Å². The quantitative estimate of drug-likeness (QED) is 0.917. The minimum absolute atomic E-state index is 0.00366. The number of sulfonamides is 1. The number of nitrogens with zero attached hydrogens (tertiary/aromatic N) is 1. The Labute approximate surface area is 124 Å². The van der Waals surface area contributed by atoms with Crippen LogP contribution in [-0.4, -0.2) is 32.8 Å². The number of benzene rings is 1. The molecule has 7 heteroatoms. The average molecular weight is 314 g/mol. The molecule has 5 nitrogen and oxygen atoms in total. The van der Waals surface area contributed by atoms with Crippen molar-refractivity contribution >= 4 is 15.9 Å². The highest BCUT2D eigenvalue weighted by Gasteiger charge is 2.24. The van der Waals surface area contributed by atoms with Gasteiger partial charge >= 0.3 is 0 Å². The molecule has 116 valence electrons. The van der Waals surface area contributed by atoms with Crippen LogP contribution >= 0.6 is 0 Å². The lowest BCUT2D eigenvalue weighted by molar-refractivity contribution is 0.0744. The molecule has 1 aromatic rings. The molecule has 0 bridgehead atoms. The van der Waals surface area contributed by atoms with E-state index < -0.39 is 21.7 Å². The van der Waals surface area contributed by atoms with Crippen molar-refractivity contribution in [1.82, 2.24) is 4.90 Å². The topological polar surface area (TPSA) is 80.5 Å². The van der Waals surface area contributed by atoms with E-state index in [0.29, 0.717) is 12.5 Å². The highest BCUT2D eigenvalue weighted by atomic mass is 32.2. The second kappa shape index (κ2) is 5.73. The summed E-state index contributed by atoms with van der Waals surface area (Å²) in [5.41, 5.74) is -0.0698. The minimum atomic E-state index is -4.06. The van der Waals surface area contributed by atoms with Crippen molar-refractivity contribution in [3.8, 4) is 0 Å². The predicted octanol–water partition coefficient (Wildman–Crippen LogP) is 1.65. The van der Waals surface area contributed by atoms with E-state index in [1.165, 1.54) is 18.2 Å². The number of carbonyl (C=O) groups excluding carboxylic acids is 1. The van der Waals surface area contributed by atoms with Crippen LogP contribution in [-0.2, 0) is 10.0 Å². The van der Waals surface area contributed by atoms with Crippen molar-refractivity contribution in [1.29, 1.82) is 0 Å². The van der Waals surface area contributed by atoms with E-state index in [-0.39, 0.29) is 16.0 Å². The van der Waals surface area contributed by atoms with Gasteiger partial charge in [-0.15, -0.1) is 0 Å². The Balaban J connectivity index is 2.30. The molecule has 1 fully saturated rings. The number of hydrogen-bond acceptors (Lipinski definition) is 3. The van der Waals surface area contributed by atoms with Crippen molar-refractivity contribution in [2.24, 2.45) is 11.1 Å². The van der Waals surface area contributed by atoms with Gasteiger partial charge in [-0.2, -0.15) is 0 Å². The van der Waals surface area contributed by atoms with Gasteiger partial charge in [-0.05, 0) is 37.8 Å². The van der Waals surface area contributed by atoms with Crippen molar-refractivity contribution in [3.63, 3.8) is 0 Å². The van der Waals surface area contributed by atoms with Gasteiger partial charge in [0, 0.05) is 24.7 Å². The number of halogens is 1. The highest BCUT2D eigenvalue weighted by Crippen LogP contribution is 2.27. The van der Waals surface area contributed by atoms with Crippen LogP contribution in [0, 0.1) is 18.7 Å². The van der Waals surface area contributed by atoms with Crippen LogP contribution in [0.1, 0.15) is 35.2 Å². The Morgan fingerprint density at radius 1 is 1.43 bits per heavy atom. The Kier molecular flexibility index (Phi) is 4.34. The van der Waals surface area contributed by atoms with Crippen LogP contribution in [0.2, 0.25) is 0 Å². The van der Waals surface area contributed by atoms with Crippen molar-refractivity contribution < 1.29 is 17.6 Å². The van der Waals surface area contributed by atoms with Crippen LogP contribution in [0.15, 0.2) is 17.0 Å². The van der Waals surface area contributed by atoms with Crippen LogP contribution in [0.4, 0.5) is 4.39 Å². The third-order valence-electron chi connectivity index (χ3n) is 3.95. The van der Waals surface area contributed by atoms with Gasteiger partial charge in [-0.1, -0.05) is 6.42 Å². The molecular formula is C14H19FN2O3S. The molecule has 0 atom stereocenters. The highest BCUT2D eigenvalue weighted by molar-refractivity contribution is 7.89. The monoisotopic (exact) mass is 314 g/mol. The molecule has 21 heavy (non-hydrogen) atoms. The molecule has 0 spiro atoms. The molecule has 2 N–H and O–H groups in total. The largest absolute Gasteiger partial charge is 0.341 e. The lowest BCUT2D eigenvalue weighted by Crippen LogP contribution is -2.34. The normalized spacial score (nSPS) is 15.6. The summed E-state index contributed by atoms with van der Waals surface area (Å²) < 4.78 is 36.8. The maximum atomic E-state index is 13.8. The summed E-state index contributed by atoms with van der Waals surface area (Å²) in [5, 5.41) is 5.06. The summed E-state index contributed by atoms with van der Waals surface area (Å²) in [5.74, 6) is -0.667. The van der Waals surface area contributed by atoms with E-state index in [9.17, 15) is 17.6 Å². The number of primary sulfonamides is 1. The van der Waals surface area contributed by atoms with Crippen LogP contribution < -0.4 is 5.14 Å². The van der Waals surface area contributed by atoms with Crippen LogP contribution in [0.3, 0.4) is 0 Å². The number of rotatable bonds is 4. The Morgan fingerprint density at radius 3 is 2.52 bits per heavy atom. The van der Waals surface area contributed by atoms with E-state index in [1.54, 1.807) is 7.05 Å². The molecule has 0 saturated heterocycles. The summed E-state index contributed by atoms with van der Waals surface area (Å²) in [6.07, 6.45) is 3.34. The molecule has 1 saturated carbocycles. The van der Waals surface area contributed by atoms with Gasteiger partial charge in [0.15, 0.2) is 0 Å². The Hall–Kier alpha value is -1.47. The molecule has 1 aromatic carbocycles. The van der Waals surface area contributed by atoms with Crippen LogP contribution in [0.25, 0.3) is 0 Å². The fourth-order valence-corrected chi connectivity index (χ4v) is 3.25. The molecule has 1 amide bonds. The molecule has 0 aliphatic heterocycles. The molecule has 1 aliphatic rings. The smallest absolute Gasteiger partial charge is 0.253 e.